The molecule has 0 aromatic heterocycles. The number of aliphatic carboxylic acids is 1. The van der Waals surface area contributed by atoms with Gasteiger partial charge in [0.05, 0.1) is 17.3 Å². The first-order valence-corrected chi connectivity index (χ1v) is 10.7. The monoisotopic (exact) mass is 403 g/mol. The summed E-state index contributed by atoms with van der Waals surface area (Å²) in [5, 5.41) is 12.2. The topological polar surface area (TPSA) is 95.7 Å². The third-order valence-electron chi connectivity index (χ3n) is 5.03. The van der Waals surface area contributed by atoms with Crippen LogP contribution in [-0.2, 0) is 9.59 Å². The fourth-order valence-corrected chi connectivity index (χ4v) is 3.20. The summed E-state index contributed by atoms with van der Waals surface area (Å²) in [5.74, 6) is -2.04. The molecule has 29 heavy (non-hydrogen) atoms. The number of allylic oxidation sites excluding steroid dienone is 2. The molecule has 0 heterocycles. The molecule has 1 aromatic rings. The number of amides is 1. The lowest BCUT2D eigenvalue weighted by molar-refractivity contribution is -0.143. The molecule has 6 nitrogen and oxygen atoms in total. The number of hydrogen-bond acceptors (Lipinski definition) is 4. The summed E-state index contributed by atoms with van der Waals surface area (Å²) >= 11 is 0. The van der Waals surface area contributed by atoms with Gasteiger partial charge in [0.25, 0.3) is 0 Å². The maximum absolute atomic E-state index is 12.4. The van der Waals surface area contributed by atoms with Crippen LogP contribution in [0.15, 0.2) is 30.4 Å². The van der Waals surface area contributed by atoms with Crippen LogP contribution in [0, 0.1) is 5.92 Å². The van der Waals surface area contributed by atoms with Crippen LogP contribution >= 0.6 is 0 Å². The van der Waals surface area contributed by atoms with Gasteiger partial charge in [0.1, 0.15) is 0 Å². The van der Waals surface area contributed by atoms with Crippen molar-refractivity contribution in [3.05, 3.63) is 30.4 Å². The maximum atomic E-state index is 12.4. The number of nitrogens with one attached hydrogen (secondary N) is 1. The Morgan fingerprint density at radius 3 is 2.48 bits per heavy atom. The normalized spacial score (nSPS) is 12.1. The van der Waals surface area contributed by atoms with E-state index in [1.165, 1.54) is 19.3 Å². The molecular weight excluding hydrogens is 366 g/mol. The molecule has 0 bridgehead atoms. The van der Waals surface area contributed by atoms with E-state index in [0.717, 1.165) is 31.6 Å². The highest BCUT2D eigenvalue weighted by atomic mass is 16.4. The van der Waals surface area contributed by atoms with Crippen molar-refractivity contribution in [1.82, 2.24) is 0 Å². The van der Waals surface area contributed by atoms with Crippen molar-refractivity contribution in [2.24, 2.45) is 5.92 Å². The van der Waals surface area contributed by atoms with Crippen LogP contribution in [0.5, 0.6) is 0 Å². The summed E-state index contributed by atoms with van der Waals surface area (Å²) in [6.45, 7) is 7.99. The Labute approximate surface area is 175 Å². The van der Waals surface area contributed by atoms with Crippen LogP contribution in [0.4, 0.5) is 17.1 Å². The van der Waals surface area contributed by atoms with E-state index in [1.54, 1.807) is 6.07 Å². The molecule has 0 saturated heterocycles. The minimum absolute atomic E-state index is 0.0789. The average molecular weight is 404 g/mol. The summed E-state index contributed by atoms with van der Waals surface area (Å²) < 4.78 is 0. The molecule has 1 atom stereocenters. The number of carbonyl (C=O) groups is 2. The van der Waals surface area contributed by atoms with Crippen molar-refractivity contribution in [1.29, 1.82) is 0 Å². The third-order valence-corrected chi connectivity index (χ3v) is 5.03. The molecular formula is C23H37N3O3. The summed E-state index contributed by atoms with van der Waals surface area (Å²) in [6.07, 6.45) is 9.86. The molecule has 6 heteroatoms. The Morgan fingerprint density at radius 2 is 1.86 bits per heavy atom. The highest BCUT2D eigenvalue weighted by Crippen LogP contribution is 2.26. The lowest BCUT2D eigenvalue weighted by Crippen LogP contribution is -2.24. The highest BCUT2D eigenvalue weighted by molar-refractivity contribution is 5.96. The molecule has 0 aliphatic rings. The number of benzene rings is 1. The zero-order valence-electron chi connectivity index (χ0n) is 18.1. The second kappa shape index (κ2) is 13.6. The van der Waals surface area contributed by atoms with E-state index in [4.69, 9.17) is 5.73 Å². The Bertz CT molecular complexity index is 669. The number of rotatable bonds is 14. The number of nitrogens with two attached hydrogens (primary N) is 1. The predicted octanol–water partition coefficient (Wildman–Crippen LogP) is 5.06. The molecule has 1 rings (SSSR count). The lowest BCUT2D eigenvalue weighted by Gasteiger charge is -2.22. The van der Waals surface area contributed by atoms with Gasteiger partial charge in [-0.3, -0.25) is 9.59 Å². The smallest absolute Gasteiger partial charge is 0.307 e. The van der Waals surface area contributed by atoms with Gasteiger partial charge in [-0.2, -0.15) is 0 Å². The fourth-order valence-electron chi connectivity index (χ4n) is 3.20. The molecule has 0 fully saturated rings. The predicted molar refractivity (Wildman–Crippen MR) is 121 cm³/mol. The van der Waals surface area contributed by atoms with Crippen molar-refractivity contribution >= 4 is 28.9 Å². The molecule has 0 spiro atoms. The Hall–Kier alpha value is -2.50. The summed E-state index contributed by atoms with van der Waals surface area (Å²) in [7, 11) is 0. The SMILES string of the molecule is CCCCCC/C=C/CC(CC(=O)Nc1cc(N(CC)CC)ccc1N)C(=O)O. The molecule has 0 aliphatic heterocycles. The fraction of sp³-hybridized carbons (Fsp3) is 0.565. The van der Waals surface area contributed by atoms with Crippen LogP contribution in [-0.4, -0.2) is 30.1 Å². The summed E-state index contributed by atoms with van der Waals surface area (Å²) in [4.78, 5) is 26.1. The Balaban J connectivity index is 2.64. The quantitative estimate of drug-likeness (QED) is 0.229. The molecule has 162 valence electrons. The van der Waals surface area contributed by atoms with Gasteiger partial charge in [0.15, 0.2) is 0 Å². The van der Waals surface area contributed by atoms with Gasteiger partial charge in [0.2, 0.25) is 5.91 Å². The van der Waals surface area contributed by atoms with E-state index in [-0.39, 0.29) is 12.3 Å². The van der Waals surface area contributed by atoms with Crippen LogP contribution in [0.1, 0.15) is 65.7 Å². The van der Waals surface area contributed by atoms with Crippen LogP contribution in [0.25, 0.3) is 0 Å². The zero-order chi connectivity index (χ0) is 21.6. The van der Waals surface area contributed by atoms with Crippen LogP contribution < -0.4 is 16.0 Å². The van der Waals surface area contributed by atoms with Gasteiger partial charge in [-0.1, -0.05) is 38.3 Å². The van der Waals surface area contributed by atoms with E-state index < -0.39 is 11.9 Å². The van der Waals surface area contributed by atoms with Crippen molar-refractivity contribution in [3.63, 3.8) is 0 Å². The lowest BCUT2D eigenvalue weighted by atomic mass is 10.00. The summed E-state index contributed by atoms with van der Waals surface area (Å²) in [5.41, 5.74) is 7.96. The minimum atomic E-state index is -0.958. The second-order valence-electron chi connectivity index (χ2n) is 7.29. The van der Waals surface area contributed by atoms with Crippen molar-refractivity contribution in [2.75, 3.05) is 29.0 Å². The number of nitrogens with zero attached hydrogens (tertiary/aromatic N) is 1. The van der Waals surface area contributed by atoms with Gasteiger partial charge in [-0.05, 0) is 51.3 Å². The first-order valence-electron chi connectivity index (χ1n) is 10.7. The minimum Gasteiger partial charge on any atom is -0.481 e. The van der Waals surface area contributed by atoms with E-state index in [2.05, 4.69) is 31.0 Å². The highest BCUT2D eigenvalue weighted by Gasteiger charge is 2.20. The number of anilines is 3. The van der Waals surface area contributed by atoms with Gasteiger partial charge < -0.3 is 21.1 Å². The van der Waals surface area contributed by atoms with E-state index in [0.29, 0.717) is 17.8 Å². The molecule has 1 amide bonds. The number of unbranched alkanes of at least 4 members (excludes halogenated alkanes) is 4. The van der Waals surface area contributed by atoms with Gasteiger partial charge in [0, 0.05) is 25.2 Å². The van der Waals surface area contributed by atoms with Crippen LogP contribution in [0.3, 0.4) is 0 Å². The number of carboxylic acids is 1. The first-order chi connectivity index (χ1) is 13.9. The molecule has 1 unspecified atom stereocenters. The van der Waals surface area contributed by atoms with Crippen LogP contribution in [0.2, 0.25) is 0 Å². The second-order valence-corrected chi connectivity index (χ2v) is 7.29. The first kappa shape index (κ1) is 24.5. The molecule has 1 aromatic carbocycles. The van der Waals surface area contributed by atoms with E-state index in [1.807, 2.05) is 24.3 Å². The molecule has 0 radical (unpaired) electrons. The Morgan fingerprint density at radius 1 is 1.14 bits per heavy atom. The van der Waals surface area contributed by atoms with Gasteiger partial charge >= 0.3 is 5.97 Å². The average Bonchev–Trinajstić information content (AvgIpc) is 2.69. The largest absolute Gasteiger partial charge is 0.481 e. The standard InChI is InChI=1S/C23H37N3O3/c1-4-7-8-9-10-11-12-13-18(23(28)29)16-22(27)25-21-17-19(14-15-20(21)24)26(5-2)6-3/h11-12,14-15,17-18H,4-10,13,16,24H2,1-3H3,(H,25,27)(H,28,29)/b12-11+. The molecule has 0 saturated carbocycles. The third kappa shape index (κ3) is 9.03. The summed E-state index contributed by atoms with van der Waals surface area (Å²) in [6, 6.07) is 5.52. The van der Waals surface area contributed by atoms with Gasteiger partial charge in [-0.25, -0.2) is 0 Å². The van der Waals surface area contributed by atoms with Gasteiger partial charge in [-0.15, -0.1) is 0 Å². The van der Waals surface area contributed by atoms with E-state index in [9.17, 15) is 14.7 Å². The maximum Gasteiger partial charge on any atom is 0.307 e. The zero-order valence-corrected chi connectivity index (χ0v) is 18.1. The Kier molecular flexibility index (Phi) is 11.5. The molecule has 4 N–H and O–H groups in total. The van der Waals surface area contributed by atoms with E-state index >= 15 is 0 Å². The number of hydrogen-bond donors (Lipinski definition) is 3. The number of nitrogen functional groups attached to an aromatic ring is 1. The number of carboxylic acid groups (broad SMARTS) is 1. The van der Waals surface area contributed by atoms with Crippen molar-refractivity contribution in [2.45, 2.75) is 65.7 Å². The van der Waals surface area contributed by atoms with Crippen molar-refractivity contribution < 1.29 is 14.7 Å². The number of carbonyl (C=O) groups excluding carboxylic acids is 1. The molecule has 0 aliphatic carbocycles. The van der Waals surface area contributed by atoms with Crippen molar-refractivity contribution in [3.8, 4) is 0 Å².